The van der Waals surface area contributed by atoms with E-state index in [9.17, 15) is 4.79 Å². The van der Waals surface area contributed by atoms with Gasteiger partial charge in [-0.25, -0.2) is 10.1 Å². The minimum absolute atomic E-state index is 0.0233. The molecule has 30 heavy (non-hydrogen) atoms. The standard InChI is InChI=1S/C18H16N8O3S/c1-2-28-12-7-4-3-6-11(12)10-20-22-18(27)14-15(13-8-5-9-30-13)26(25-21-14)17-16(19)23-29-24-17/h3-10H,2H2,1H3,(H2,19,23)(H,22,27)/b20-10+. The van der Waals surface area contributed by atoms with Crippen molar-refractivity contribution in [2.24, 2.45) is 5.10 Å². The summed E-state index contributed by atoms with van der Waals surface area (Å²) in [7, 11) is 0. The largest absolute Gasteiger partial charge is 0.493 e. The van der Waals surface area contributed by atoms with Gasteiger partial charge in [-0.3, -0.25) is 4.79 Å². The molecule has 0 aliphatic heterocycles. The molecule has 4 rings (SSSR count). The van der Waals surface area contributed by atoms with Crippen LogP contribution in [0, 0.1) is 0 Å². The monoisotopic (exact) mass is 424 g/mol. The lowest BCUT2D eigenvalue weighted by molar-refractivity contribution is 0.0950. The zero-order valence-corrected chi connectivity index (χ0v) is 16.5. The second-order valence-corrected chi connectivity index (χ2v) is 6.77. The molecule has 0 spiro atoms. The Morgan fingerprint density at radius 3 is 2.93 bits per heavy atom. The van der Waals surface area contributed by atoms with Crippen LogP contribution in [0.1, 0.15) is 23.0 Å². The average molecular weight is 424 g/mol. The van der Waals surface area contributed by atoms with Crippen molar-refractivity contribution in [2.45, 2.75) is 6.92 Å². The number of benzene rings is 1. The minimum Gasteiger partial charge on any atom is -0.493 e. The van der Waals surface area contributed by atoms with Crippen LogP contribution in [-0.4, -0.2) is 44.0 Å². The topological polar surface area (TPSA) is 146 Å². The summed E-state index contributed by atoms with van der Waals surface area (Å²) < 4.78 is 11.5. The number of hydrogen-bond acceptors (Lipinski definition) is 10. The van der Waals surface area contributed by atoms with Gasteiger partial charge in [0.25, 0.3) is 5.91 Å². The number of anilines is 1. The van der Waals surface area contributed by atoms with E-state index in [-0.39, 0.29) is 17.3 Å². The predicted octanol–water partition coefficient (Wildman–Crippen LogP) is 2.12. The summed E-state index contributed by atoms with van der Waals surface area (Å²) in [6.07, 6.45) is 1.50. The minimum atomic E-state index is -0.551. The lowest BCUT2D eigenvalue weighted by Gasteiger charge is -2.06. The van der Waals surface area contributed by atoms with Gasteiger partial charge in [-0.1, -0.05) is 23.4 Å². The molecule has 0 saturated carbocycles. The van der Waals surface area contributed by atoms with Gasteiger partial charge < -0.3 is 10.5 Å². The first kappa shape index (κ1) is 19.3. The molecule has 4 aromatic rings. The number of hydrogen-bond donors (Lipinski definition) is 2. The van der Waals surface area contributed by atoms with E-state index in [1.807, 2.05) is 48.7 Å². The third kappa shape index (κ3) is 3.75. The fourth-order valence-electron chi connectivity index (χ4n) is 2.64. The molecular formula is C18H16N8O3S. The van der Waals surface area contributed by atoms with Gasteiger partial charge in [-0.05, 0) is 40.8 Å². The number of nitrogens with one attached hydrogen (secondary N) is 1. The highest BCUT2D eigenvalue weighted by Gasteiger charge is 2.25. The van der Waals surface area contributed by atoms with Crippen LogP contribution in [0.2, 0.25) is 0 Å². The highest BCUT2D eigenvalue weighted by Crippen LogP contribution is 2.29. The summed E-state index contributed by atoms with van der Waals surface area (Å²) in [5.41, 5.74) is 9.41. The lowest BCUT2D eigenvalue weighted by Crippen LogP contribution is -2.19. The smallest absolute Gasteiger partial charge is 0.294 e. The summed E-state index contributed by atoms with van der Waals surface area (Å²) >= 11 is 1.40. The zero-order valence-electron chi connectivity index (χ0n) is 15.7. The van der Waals surface area contributed by atoms with Crippen molar-refractivity contribution >= 4 is 29.3 Å². The molecule has 0 unspecified atom stereocenters. The van der Waals surface area contributed by atoms with Crippen LogP contribution in [0.5, 0.6) is 5.75 Å². The van der Waals surface area contributed by atoms with E-state index in [0.29, 0.717) is 18.1 Å². The molecule has 0 aliphatic rings. The van der Waals surface area contributed by atoms with E-state index in [2.05, 4.69) is 35.8 Å². The normalized spacial score (nSPS) is 11.1. The Bertz CT molecular complexity index is 1180. The molecule has 0 bridgehead atoms. The van der Waals surface area contributed by atoms with E-state index < -0.39 is 5.91 Å². The fourth-order valence-corrected chi connectivity index (χ4v) is 3.40. The van der Waals surface area contributed by atoms with Crippen LogP contribution in [0.25, 0.3) is 16.4 Å². The number of carbonyl (C=O) groups excluding carboxylic acids is 1. The number of para-hydroxylation sites is 1. The molecule has 3 aromatic heterocycles. The van der Waals surface area contributed by atoms with Crippen molar-refractivity contribution in [3.05, 3.63) is 53.0 Å². The third-order valence-electron chi connectivity index (χ3n) is 3.92. The predicted molar refractivity (Wildman–Crippen MR) is 110 cm³/mol. The number of carbonyl (C=O) groups is 1. The molecule has 1 amide bonds. The van der Waals surface area contributed by atoms with Gasteiger partial charge in [-0.2, -0.15) is 9.78 Å². The van der Waals surface area contributed by atoms with E-state index in [0.717, 1.165) is 10.4 Å². The number of nitrogens with two attached hydrogens (primary N) is 1. The van der Waals surface area contributed by atoms with Crippen LogP contribution in [0.3, 0.4) is 0 Å². The van der Waals surface area contributed by atoms with E-state index in [1.54, 1.807) is 0 Å². The Morgan fingerprint density at radius 1 is 1.33 bits per heavy atom. The van der Waals surface area contributed by atoms with Crippen LogP contribution in [0.4, 0.5) is 5.82 Å². The average Bonchev–Trinajstić information content (AvgIpc) is 3.49. The molecule has 0 saturated heterocycles. The molecule has 0 aliphatic carbocycles. The van der Waals surface area contributed by atoms with Crippen LogP contribution in [-0.2, 0) is 0 Å². The van der Waals surface area contributed by atoms with Crippen molar-refractivity contribution in [1.29, 1.82) is 0 Å². The quantitative estimate of drug-likeness (QED) is 0.339. The Balaban J connectivity index is 1.62. The first-order valence-corrected chi connectivity index (χ1v) is 9.70. The summed E-state index contributed by atoms with van der Waals surface area (Å²) in [5.74, 6) is 0.274. The van der Waals surface area contributed by atoms with Crippen LogP contribution in [0.15, 0.2) is 51.5 Å². The number of thiophene rings is 1. The maximum absolute atomic E-state index is 12.8. The molecule has 1 aromatic carbocycles. The zero-order chi connectivity index (χ0) is 20.9. The van der Waals surface area contributed by atoms with Gasteiger partial charge in [0.1, 0.15) is 11.4 Å². The van der Waals surface area contributed by atoms with E-state index in [1.165, 1.54) is 22.2 Å². The van der Waals surface area contributed by atoms with Crippen molar-refractivity contribution in [2.75, 3.05) is 12.3 Å². The number of rotatable bonds is 7. The number of aromatic nitrogens is 5. The molecule has 152 valence electrons. The molecule has 0 fully saturated rings. The van der Waals surface area contributed by atoms with Crippen molar-refractivity contribution < 1.29 is 14.2 Å². The Kier molecular flexibility index (Phi) is 5.48. The van der Waals surface area contributed by atoms with Gasteiger partial charge in [0.15, 0.2) is 5.69 Å². The fraction of sp³-hybridized carbons (Fsp3) is 0.111. The SMILES string of the molecule is CCOc1ccccc1/C=N/NC(=O)c1nnn(-c2nonc2N)c1-c1cccs1. The highest BCUT2D eigenvalue weighted by atomic mass is 32.1. The van der Waals surface area contributed by atoms with Crippen LogP contribution < -0.4 is 15.9 Å². The third-order valence-corrected chi connectivity index (χ3v) is 4.80. The molecule has 3 N–H and O–H groups in total. The Hall–Kier alpha value is -4.06. The Morgan fingerprint density at radius 2 is 2.20 bits per heavy atom. The van der Waals surface area contributed by atoms with Crippen LogP contribution >= 0.6 is 11.3 Å². The van der Waals surface area contributed by atoms with Gasteiger partial charge >= 0.3 is 0 Å². The van der Waals surface area contributed by atoms with E-state index in [4.69, 9.17) is 10.5 Å². The molecule has 11 nitrogen and oxygen atoms in total. The second kappa shape index (κ2) is 8.53. The highest BCUT2D eigenvalue weighted by molar-refractivity contribution is 7.13. The van der Waals surface area contributed by atoms with Gasteiger partial charge in [-0.15, -0.1) is 16.4 Å². The number of ether oxygens (including phenoxy) is 1. The summed E-state index contributed by atoms with van der Waals surface area (Å²) in [4.78, 5) is 13.5. The Labute approximate surface area is 174 Å². The number of nitrogen functional groups attached to an aromatic ring is 1. The summed E-state index contributed by atoms with van der Waals surface area (Å²) in [6, 6.07) is 11.0. The summed E-state index contributed by atoms with van der Waals surface area (Å²) in [5, 5.41) is 21.2. The number of nitrogens with zero attached hydrogens (tertiary/aromatic N) is 6. The van der Waals surface area contributed by atoms with Crippen molar-refractivity contribution in [3.63, 3.8) is 0 Å². The van der Waals surface area contributed by atoms with Crippen molar-refractivity contribution in [1.82, 2.24) is 30.7 Å². The molecule has 12 heteroatoms. The van der Waals surface area contributed by atoms with Gasteiger partial charge in [0, 0.05) is 5.56 Å². The van der Waals surface area contributed by atoms with Gasteiger partial charge in [0.05, 0.1) is 17.7 Å². The molecule has 0 atom stereocenters. The first-order chi connectivity index (χ1) is 14.7. The number of amides is 1. The molecule has 3 heterocycles. The second-order valence-electron chi connectivity index (χ2n) is 5.82. The maximum Gasteiger partial charge on any atom is 0.294 e. The first-order valence-electron chi connectivity index (χ1n) is 8.82. The van der Waals surface area contributed by atoms with Crippen molar-refractivity contribution in [3.8, 4) is 22.1 Å². The number of hydrazone groups is 1. The maximum atomic E-state index is 12.8. The molecule has 0 radical (unpaired) electrons. The molecular weight excluding hydrogens is 408 g/mol. The summed E-state index contributed by atoms with van der Waals surface area (Å²) in [6.45, 7) is 2.41. The van der Waals surface area contributed by atoms with E-state index >= 15 is 0 Å². The lowest BCUT2D eigenvalue weighted by atomic mass is 10.2. The van der Waals surface area contributed by atoms with Gasteiger partial charge in [0.2, 0.25) is 11.6 Å².